The third-order valence-corrected chi connectivity index (χ3v) is 2.03. The number of carbonyl (C=O) groups excluding carboxylic acids is 3. The number of H-pyrrole nitrogens is 1. The van der Waals surface area contributed by atoms with Crippen molar-refractivity contribution in [2.45, 2.75) is 19.9 Å². The lowest BCUT2D eigenvalue weighted by molar-refractivity contribution is -0.157. The van der Waals surface area contributed by atoms with Crippen molar-refractivity contribution in [2.24, 2.45) is 0 Å². The van der Waals surface area contributed by atoms with Gasteiger partial charge >= 0.3 is 11.9 Å². The fourth-order valence-corrected chi connectivity index (χ4v) is 1.25. The van der Waals surface area contributed by atoms with Gasteiger partial charge in [-0.15, -0.1) is 0 Å². The monoisotopic (exact) mass is 269 g/mol. The molecule has 0 saturated heterocycles. The number of aromatic amines is 1. The number of ether oxygens (including phenoxy) is 2. The number of hydrogen-bond acceptors (Lipinski definition) is 6. The van der Waals surface area contributed by atoms with Gasteiger partial charge in [-0.2, -0.15) is 0 Å². The fraction of sp³-hybridized carbons (Fsp3) is 0.455. The fourth-order valence-electron chi connectivity index (χ4n) is 1.25. The van der Waals surface area contributed by atoms with Crippen LogP contribution in [0.25, 0.3) is 0 Å². The van der Waals surface area contributed by atoms with Gasteiger partial charge in [-0.1, -0.05) is 0 Å². The van der Waals surface area contributed by atoms with Crippen LogP contribution in [0.4, 0.5) is 0 Å². The van der Waals surface area contributed by atoms with E-state index in [0.29, 0.717) is 0 Å². The van der Waals surface area contributed by atoms with Crippen LogP contribution in [0.5, 0.6) is 0 Å². The molecule has 0 saturated carbocycles. The van der Waals surface area contributed by atoms with E-state index in [9.17, 15) is 14.4 Å². The van der Waals surface area contributed by atoms with Crippen molar-refractivity contribution in [3.05, 3.63) is 18.2 Å². The molecule has 0 aliphatic carbocycles. The standard InChI is InChI=1S/C11H15N3O5/c1-3-18-10(16)7(11(17)19-4-2)14-9(15)8-12-5-6-13-8/h5-7H,3-4H2,1-2H3,(H,12,13)(H,14,15). The first-order valence-corrected chi connectivity index (χ1v) is 5.73. The van der Waals surface area contributed by atoms with E-state index in [4.69, 9.17) is 9.47 Å². The Morgan fingerprint density at radius 2 is 1.84 bits per heavy atom. The Labute approximate surface area is 109 Å². The zero-order valence-corrected chi connectivity index (χ0v) is 10.6. The molecule has 104 valence electrons. The minimum Gasteiger partial charge on any atom is -0.464 e. The number of amides is 1. The molecule has 0 spiro atoms. The molecule has 1 heterocycles. The second kappa shape index (κ2) is 7.14. The highest BCUT2D eigenvalue weighted by molar-refractivity contribution is 6.04. The van der Waals surface area contributed by atoms with Gasteiger partial charge in [0.1, 0.15) is 0 Å². The number of rotatable bonds is 6. The minimum atomic E-state index is -1.50. The third-order valence-electron chi connectivity index (χ3n) is 2.03. The predicted octanol–water partition coefficient (Wildman–Crippen LogP) is -0.366. The molecule has 0 fully saturated rings. The number of hydrogen-bond donors (Lipinski definition) is 2. The van der Waals surface area contributed by atoms with E-state index in [1.165, 1.54) is 12.4 Å². The van der Waals surface area contributed by atoms with Crippen molar-refractivity contribution in [1.82, 2.24) is 15.3 Å². The molecule has 1 amide bonds. The third kappa shape index (κ3) is 4.09. The van der Waals surface area contributed by atoms with Crippen LogP contribution in [0.3, 0.4) is 0 Å². The van der Waals surface area contributed by atoms with Crippen molar-refractivity contribution in [3.8, 4) is 0 Å². The highest BCUT2D eigenvalue weighted by atomic mass is 16.6. The van der Waals surface area contributed by atoms with Crippen molar-refractivity contribution in [2.75, 3.05) is 13.2 Å². The minimum absolute atomic E-state index is 0.0152. The Morgan fingerprint density at radius 3 is 2.26 bits per heavy atom. The lowest BCUT2D eigenvalue weighted by Gasteiger charge is -2.14. The van der Waals surface area contributed by atoms with E-state index < -0.39 is 23.9 Å². The van der Waals surface area contributed by atoms with Gasteiger partial charge in [0.2, 0.25) is 6.04 Å². The number of aromatic nitrogens is 2. The smallest absolute Gasteiger partial charge is 0.340 e. The van der Waals surface area contributed by atoms with Crippen LogP contribution in [0.1, 0.15) is 24.5 Å². The summed E-state index contributed by atoms with van der Waals surface area (Å²) in [6.07, 6.45) is 2.82. The summed E-state index contributed by atoms with van der Waals surface area (Å²) in [5.41, 5.74) is 0. The molecule has 0 aromatic carbocycles. The summed E-state index contributed by atoms with van der Waals surface area (Å²) >= 11 is 0. The second-order valence-corrected chi connectivity index (χ2v) is 3.35. The maximum atomic E-state index is 11.7. The van der Waals surface area contributed by atoms with Crippen LogP contribution in [0.2, 0.25) is 0 Å². The first kappa shape index (κ1) is 14.7. The Morgan fingerprint density at radius 1 is 1.26 bits per heavy atom. The van der Waals surface area contributed by atoms with E-state index in [0.717, 1.165) is 0 Å². The molecule has 0 bridgehead atoms. The average Bonchev–Trinajstić information content (AvgIpc) is 2.90. The summed E-state index contributed by atoms with van der Waals surface area (Å²) in [4.78, 5) is 41.2. The topological polar surface area (TPSA) is 110 Å². The Bertz CT molecular complexity index is 425. The summed E-state index contributed by atoms with van der Waals surface area (Å²) in [7, 11) is 0. The summed E-state index contributed by atoms with van der Waals surface area (Å²) in [5, 5.41) is 2.21. The molecule has 0 aliphatic heterocycles. The number of nitrogens with zero attached hydrogens (tertiary/aromatic N) is 1. The maximum Gasteiger partial charge on any atom is 0.340 e. The zero-order valence-electron chi connectivity index (χ0n) is 10.6. The highest BCUT2D eigenvalue weighted by Gasteiger charge is 2.32. The number of esters is 2. The Balaban J connectivity index is 2.76. The summed E-state index contributed by atoms with van der Waals surface area (Å²) in [6, 6.07) is -1.50. The van der Waals surface area contributed by atoms with Crippen LogP contribution in [-0.4, -0.2) is 47.1 Å². The molecule has 8 nitrogen and oxygen atoms in total. The van der Waals surface area contributed by atoms with Crippen molar-refractivity contribution < 1.29 is 23.9 Å². The Hall–Kier alpha value is -2.38. The van der Waals surface area contributed by atoms with Crippen molar-refractivity contribution >= 4 is 17.8 Å². The molecule has 0 radical (unpaired) electrons. The van der Waals surface area contributed by atoms with Crippen LogP contribution in [-0.2, 0) is 19.1 Å². The van der Waals surface area contributed by atoms with E-state index in [2.05, 4.69) is 15.3 Å². The normalized spacial score (nSPS) is 10.1. The van der Waals surface area contributed by atoms with Gasteiger partial charge in [0, 0.05) is 12.4 Å². The number of nitrogens with one attached hydrogen (secondary N) is 2. The van der Waals surface area contributed by atoms with E-state index >= 15 is 0 Å². The van der Waals surface area contributed by atoms with Gasteiger partial charge in [-0.05, 0) is 13.8 Å². The predicted molar refractivity (Wildman–Crippen MR) is 63.1 cm³/mol. The molecular weight excluding hydrogens is 254 g/mol. The molecule has 8 heteroatoms. The van der Waals surface area contributed by atoms with E-state index in [-0.39, 0.29) is 19.0 Å². The quantitative estimate of drug-likeness (QED) is 0.538. The van der Waals surface area contributed by atoms with Gasteiger partial charge in [0.15, 0.2) is 5.82 Å². The van der Waals surface area contributed by atoms with Gasteiger partial charge < -0.3 is 19.8 Å². The number of imidazole rings is 1. The number of carbonyl (C=O) groups is 3. The first-order chi connectivity index (χ1) is 9.10. The molecule has 0 atom stereocenters. The first-order valence-electron chi connectivity index (χ1n) is 5.73. The molecule has 1 rings (SSSR count). The summed E-state index contributed by atoms with van der Waals surface area (Å²) < 4.78 is 9.41. The summed E-state index contributed by atoms with van der Waals surface area (Å²) in [5.74, 6) is -2.46. The lowest BCUT2D eigenvalue weighted by Crippen LogP contribution is -2.48. The Kier molecular flexibility index (Phi) is 5.52. The average molecular weight is 269 g/mol. The second-order valence-electron chi connectivity index (χ2n) is 3.35. The molecule has 1 aromatic rings. The van der Waals surface area contributed by atoms with Gasteiger partial charge in [0.05, 0.1) is 13.2 Å². The van der Waals surface area contributed by atoms with Crippen molar-refractivity contribution in [3.63, 3.8) is 0 Å². The highest BCUT2D eigenvalue weighted by Crippen LogP contribution is 1.97. The molecule has 2 N–H and O–H groups in total. The van der Waals surface area contributed by atoms with Gasteiger partial charge in [0.25, 0.3) is 5.91 Å². The van der Waals surface area contributed by atoms with Crippen LogP contribution < -0.4 is 5.32 Å². The molecule has 1 aromatic heterocycles. The maximum absolute atomic E-state index is 11.7. The molecular formula is C11H15N3O5. The molecule has 0 aliphatic rings. The SMILES string of the molecule is CCOC(=O)C(NC(=O)c1ncc[nH]1)C(=O)OCC. The van der Waals surface area contributed by atoms with Crippen molar-refractivity contribution in [1.29, 1.82) is 0 Å². The van der Waals surface area contributed by atoms with Crippen LogP contribution in [0.15, 0.2) is 12.4 Å². The van der Waals surface area contributed by atoms with E-state index in [1.807, 2.05) is 0 Å². The molecule has 0 unspecified atom stereocenters. The molecule has 19 heavy (non-hydrogen) atoms. The van der Waals surface area contributed by atoms with Crippen LogP contribution >= 0.6 is 0 Å². The zero-order chi connectivity index (χ0) is 14.3. The summed E-state index contributed by atoms with van der Waals surface area (Å²) in [6.45, 7) is 3.36. The van der Waals surface area contributed by atoms with Crippen LogP contribution in [0, 0.1) is 0 Å². The largest absolute Gasteiger partial charge is 0.464 e. The van der Waals surface area contributed by atoms with Gasteiger partial charge in [-0.25, -0.2) is 14.6 Å². The van der Waals surface area contributed by atoms with Gasteiger partial charge in [-0.3, -0.25) is 4.79 Å². The van der Waals surface area contributed by atoms with E-state index in [1.54, 1.807) is 13.8 Å². The lowest BCUT2D eigenvalue weighted by atomic mass is 10.3.